The van der Waals surface area contributed by atoms with E-state index >= 15 is 0 Å². The Hall–Kier alpha value is -2.12. The van der Waals surface area contributed by atoms with Crippen molar-refractivity contribution in [1.82, 2.24) is 4.57 Å². The molecular formula is C15H15FN2O. The first kappa shape index (κ1) is 13.3. The zero-order valence-electron chi connectivity index (χ0n) is 10.7. The molecule has 0 fully saturated rings. The fourth-order valence-electron chi connectivity index (χ4n) is 2.01. The lowest BCUT2D eigenvalue weighted by atomic mass is 10.1. The highest BCUT2D eigenvalue weighted by Gasteiger charge is 2.07. The third-order valence-corrected chi connectivity index (χ3v) is 3.00. The van der Waals surface area contributed by atoms with Crippen LogP contribution < -0.4 is 0 Å². The van der Waals surface area contributed by atoms with Crippen molar-refractivity contribution in [2.45, 2.75) is 26.0 Å². The Bertz CT molecular complexity index is 613. The maximum atomic E-state index is 13.3. The molecule has 1 atom stereocenters. The second kappa shape index (κ2) is 5.68. The molecule has 0 radical (unpaired) electrons. The van der Waals surface area contributed by atoms with Crippen LogP contribution in [0.4, 0.5) is 4.39 Å². The number of aromatic nitrogens is 1. The normalized spacial score (nSPS) is 12.1. The lowest BCUT2D eigenvalue weighted by molar-refractivity contribution is 0.173. The predicted molar refractivity (Wildman–Crippen MR) is 69.9 cm³/mol. The van der Waals surface area contributed by atoms with Gasteiger partial charge in [-0.15, -0.1) is 0 Å². The summed E-state index contributed by atoms with van der Waals surface area (Å²) in [6.45, 7) is 2.39. The van der Waals surface area contributed by atoms with Crippen LogP contribution in [0.1, 0.15) is 36.1 Å². The van der Waals surface area contributed by atoms with Gasteiger partial charge in [-0.2, -0.15) is 5.26 Å². The van der Waals surface area contributed by atoms with E-state index in [1.54, 1.807) is 6.07 Å². The minimum Gasteiger partial charge on any atom is -0.388 e. The van der Waals surface area contributed by atoms with Crippen LogP contribution in [0.25, 0.3) is 0 Å². The second-order valence-corrected chi connectivity index (χ2v) is 4.50. The van der Waals surface area contributed by atoms with E-state index in [0.717, 1.165) is 11.1 Å². The first-order chi connectivity index (χ1) is 9.12. The molecule has 0 aliphatic carbocycles. The first-order valence-corrected chi connectivity index (χ1v) is 6.15. The van der Waals surface area contributed by atoms with Gasteiger partial charge in [0.05, 0.1) is 17.7 Å². The highest BCUT2D eigenvalue weighted by atomic mass is 19.1. The topological polar surface area (TPSA) is 49.0 Å². The van der Waals surface area contributed by atoms with Gasteiger partial charge in [-0.05, 0) is 41.8 Å². The van der Waals surface area contributed by atoms with Gasteiger partial charge in [0.25, 0.3) is 0 Å². The van der Waals surface area contributed by atoms with Crippen molar-refractivity contribution in [1.29, 1.82) is 5.26 Å². The van der Waals surface area contributed by atoms with Crippen LogP contribution in [0.5, 0.6) is 0 Å². The molecule has 0 spiro atoms. The molecule has 1 aromatic heterocycles. The summed E-state index contributed by atoms with van der Waals surface area (Å²) in [5.41, 5.74) is 1.89. The zero-order valence-corrected chi connectivity index (χ0v) is 10.7. The molecule has 1 N–H and O–H groups in total. The average molecular weight is 258 g/mol. The number of nitrogens with zero attached hydrogens (tertiary/aromatic N) is 2. The van der Waals surface area contributed by atoms with Crippen LogP contribution in [0, 0.1) is 17.1 Å². The van der Waals surface area contributed by atoms with Crippen molar-refractivity contribution in [2.24, 2.45) is 0 Å². The number of aliphatic hydroxyl groups is 1. The average Bonchev–Trinajstić information content (AvgIpc) is 2.85. The number of rotatable bonds is 4. The molecule has 4 heteroatoms. The van der Waals surface area contributed by atoms with E-state index < -0.39 is 11.9 Å². The molecule has 1 unspecified atom stereocenters. The monoisotopic (exact) mass is 258 g/mol. The van der Waals surface area contributed by atoms with E-state index in [2.05, 4.69) is 0 Å². The minimum absolute atomic E-state index is 0.316. The van der Waals surface area contributed by atoms with Gasteiger partial charge < -0.3 is 9.67 Å². The third-order valence-electron chi connectivity index (χ3n) is 3.00. The van der Waals surface area contributed by atoms with Crippen molar-refractivity contribution in [3.8, 4) is 6.07 Å². The lowest BCUT2D eigenvalue weighted by Gasteiger charge is -2.06. The number of benzene rings is 1. The van der Waals surface area contributed by atoms with Gasteiger partial charge in [-0.3, -0.25) is 0 Å². The molecule has 1 aromatic carbocycles. The van der Waals surface area contributed by atoms with Gasteiger partial charge in [-0.1, -0.05) is 6.92 Å². The molecule has 0 saturated carbocycles. The van der Waals surface area contributed by atoms with Crippen LogP contribution in [0.2, 0.25) is 0 Å². The summed E-state index contributed by atoms with van der Waals surface area (Å²) in [5, 5.41) is 18.5. The predicted octanol–water partition coefficient (Wildman–Crippen LogP) is 2.99. The van der Waals surface area contributed by atoms with E-state index in [4.69, 9.17) is 5.26 Å². The van der Waals surface area contributed by atoms with Crippen molar-refractivity contribution in [3.05, 3.63) is 59.2 Å². The highest BCUT2D eigenvalue weighted by Crippen LogP contribution is 2.17. The van der Waals surface area contributed by atoms with Gasteiger partial charge >= 0.3 is 0 Å². The Labute approximate surface area is 111 Å². The van der Waals surface area contributed by atoms with Crippen molar-refractivity contribution >= 4 is 0 Å². The van der Waals surface area contributed by atoms with Gasteiger partial charge in [-0.25, -0.2) is 4.39 Å². The summed E-state index contributed by atoms with van der Waals surface area (Å²) in [5.74, 6) is -0.407. The number of aliphatic hydroxyl groups excluding tert-OH is 1. The number of halogens is 1. The molecule has 0 saturated heterocycles. The number of hydrogen-bond acceptors (Lipinski definition) is 2. The Kier molecular flexibility index (Phi) is 3.98. The lowest BCUT2D eigenvalue weighted by Crippen LogP contribution is -1.99. The van der Waals surface area contributed by atoms with Crippen molar-refractivity contribution < 1.29 is 9.50 Å². The summed E-state index contributed by atoms with van der Waals surface area (Å²) in [6.07, 6.45) is 3.86. The largest absolute Gasteiger partial charge is 0.388 e. The van der Waals surface area contributed by atoms with Crippen molar-refractivity contribution in [3.63, 3.8) is 0 Å². The molecule has 98 valence electrons. The third kappa shape index (κ3) is 3.21. The summed E-state index contributed by atoms with van der Waals surface area (Å²) >= 11 is 0. The Morgan fingerprint density at radius 3 is 2.89 bits per heavy atom. The van der Waals surface area contributed by atoms with Crippen LogP contribution >= 0.6 is 0 Å². The maximum Gasteiger partial charge on any atom is 0.124 e. The van der Waals surface area contributed by atoms with E-state index in [1.807, 2.05) is 36.0 Å². The van der Waals surface area contributed by atoms with E-state index in [9.17, 15) is 9.50 Å². The van der Waals surface area contributed by atoms with Crippen molar-refractivity contribution in [2.75, 3.05) is 0 Å². The van der Waals surface area contributed by atoms with E-state index in [1.165, 1.54) is 12.1 Å². The maximum absolute atomic E-state index is 13.3. The van der Waals surface area contributed by atoms with Gasteiger partial charge in [0.2, 0.25) is 0 Å². The molecule has 2 aromatic rings. The van der Waals surface area contributed by atoms with Crippen LogP contribution in [-0.4, -0.2) is 9.67 Å². The molecule has 19 heavy (non-hydrogen) atoms. The summed E-state index contributed by atoms with van der Waals surface area (Å²) in [4.78, 5) is 0. The van der Waals surface area contributed by atoms with Gasteiger partial charge in [0.1, 0.15) is 5.82 Å². The zero-order chi connectivity index (χ0) is 13.8. The standard InChI is InChI=1S/C15H15FN2O/c1-2-15(19)13-3-4-18(10-13)9-12-5-11(8-17)6-14(16)7-12/h3-7,10,15,19H,2,9H2,1H3. The Balaban J connectivity index is 2.19. The van der Waals surface area contributed by atoms with Crippen LogP contribution in [0.3, 0.4) is 0 Å². The van der Waals surface area contributed by atoms with Crippen LogP contribution in [-0.2, 0) is 6.54 Å². The Morgan fingerprint density at radius 2 is 2.21 bits per heavy atom. The van der Waals surface area contributed by atoms with Gasteiger partial charge in [0, 0.05) is 18.9 Å². The molecule has 0 bridgehead atoms. The molecular weight excluding hydrogens is 243 g/mol. The molecule has 3 nitrogen and oxygen atoms in total. The fourth-order valence-corrected chi connectivity index (χ4v) is 2.01. The Morgan fingerprint density at radius 1 is 1.42 bits per heavy atom. The summed E-state index contributed by atoms with van der Waals surface area (Å²) in [6, 6.07) is 8.08. The molecule has 0 aliphatic rings. The SMILES string of the molecule is CCC(O)c1ccn(Cc2cc(F)cc(C#N)c2)c1. The fraction of sp³-hybridized carbons (Fsp3) is 0.267. The summed E-state index contributed by atoms with van der Waals surface area (Å²) in [7, 11) is 0. The van der Waals surface area contributed by atoms with E-state index in [-0.39, 0.29) is 0 Å². The molecule has 1 heterocycles. The van der Waals surface area contributed by atoms with Gasteiger partial charge in [0.15, 0.2) is 0 Å². The molecule has 0 aliphatic heterocycles. The van der Waals surface area contributed by atoms with E-state index in [0.29, 0.717) is 18.5 Å². The molecule has 0 amide bonds. The first-order valence-electron chi connectivity index (χ1n) is 6.15. The molecule has 2 rings (SSSR count). The summed E-state index contributed by atoms with van der Waals surface area (Å²) < 4.78 is 15.2. The van der Waals surface area contributed by atoms with Crippen LogP contribution in [0.15, 0.2) is 36.7 Å². The number of hydrogen-bond donors (Lipinski definition) is 1. The number of nitriles is 1. The quantitative estimate of drug-likeness (QED) is 0.916. The second-order valence-electron chi connectivity index (χ2n) is 4.50. The minimum atomic E-state index is -0.469. The highest BCUT2D eigenvalue weighted by molar-refractivity contribution is 5.34. The smallest absolute Gasteiger partial charge is 0.124 e.